The van der Waals surface area contributed by atoms with Crippen LogP contribution < -0.4 is 21.3 Å². The van der Waals surface area contributed by atoms with Gasteiger partial charge in [-0.15, -0.1) is 0 Å². The standard InChI is InChI=1S/C22H22N2O2.CH4N2O/c1-15-6-4-8-21(23-3)19(15)14-26-22-9-5-7-20(24-22)18-12-10-17(11-13-18)16(2)25;2-3-1-4/h4-13,23H,14H2,1-3H3;1H,2H2,(H,3,4). The van der Waals surface area contributed by atoms with Crippen molar-refractivity contribution >= 4 is 17.9 Å². The van der Waals surface area contributed by atoms with Crippen molar-refractivity contribution in [1.82, 2.24) is 10.4 Å². The van der Waals surface area contributed by atoms with E-state index >= 15 is 0 Å². The Balaban J connectivity index is 0.000000735. The summed E-state index contributed by atoms with van der Waals surface area (Å²) < 4.78 is 5.93. The predicted octanol–water partition coefficient (Wildman–Crippen LogP) is 3.49. The molecule has 0 radical (unpaired) electrons. The number of ketones is 1. The first-order valence-electron chi connectivity index (χ1n) is 9.37. The van der Waals surface area contributed by atoms with Crippen molar-refractivity contribution in [1.29, 1.82) is 0 Å². The number of carbonyl (C=O) groups is 2. The minimum atomic E-state index is 0.0557. The molecule has 156 valence electrons. The number of nitrogens with two attached hydrogens (primary N) is 1. The molecule has 0 bridgehead atoms. The zero-order valence-electron chi connectivity index (χ0n) is 17.3. The highest BCUT2D eigenvalue weighted by Crippen LogP contribution is 2.23. The molecule has 3 aromatic rings. The van der Waals surface area contributed by atoms with Crippen LogP contribution in [0.2, 0.25) is 0 Å². The predicted molar refractivity (Wildman–Crippen MR) is 118 cm³/mol. The number of benzene rings is 2. The molecule has 1 heterocycles. The Morgan fingerprint density at radius 3 is 2.37 bits per heavy atom. The monoisotopic (exact) mass is 406 g/mol. The molecule has 2 aromatic carbocycles. The minimum absolute atomic E-state index is 0.0557. The third-order valence-electron chi connectivity index (χ3n) is 4.42. The number of aryl methyl sites for hydroxylation is 1. The number of hydrogen-bond acceptors (Lipinski definition) is 6. The van der Waals surface area contributed by atoms with Crippen LogP contribution in [-0.4, -0.2) is 24.2 Å². The van der Waals surface area contributed by atoms with E-state index in [-0.39, 0.29) is 5.78 Å². The summed E-state index contributed by atoms with van der Waals surface area (Å²) >= 11 is 0. The van der Waals surface area contributed by atoms with E-state index in [0.717, 1.165) is 22.5 Å². The number of ether oxygens (including phenoxy) is 1. The van der Waals surface area contributed by atoms with Gasteiger partial charge >= 0.3 is 0 Å². The average molecular weight is 406 g/mol. The Labute approximate surface area is 176 Å². The smallest absolute Gasteiger partial charge is 0.221 e. The van der Waals surface area contributed by atoms with Crippen molar-refractivity contribution in [3.63, 3.8) is 0 Å². The van der Waals surface area contributed by atoms with Gasteiger partial charge in [-0.05, 0) is 31.5 Å². The fourth-order valence-electron chi connectivity index (χ4n) is 2.81. The lowest BCUT2D eigenvalue weighted by atomic mass is 10.1. The van der Waals surface area contributed by atoms with Crippen LogP contribution in [0.1, 0.15) is 28.4 Å². The maximum absolute atomic E-state index is 11.4. The second-order valence-electron chi connectivity index (χ2n) is 6.42. The number of nitrogens with one attached hydrogen (secondary N) is 2. The molecular formula is C23H26N4O3. The maximum atomic E-state index is 11.4. The summed E-state index contributed by atoms with van der Waals surface area (Å²) in [6.45, 7) is 4.08. The van der Waals surface area contributed by atoms with E-state index in [1.165, 1.54) is 5.56 Å². The zero-order chi connectivity index (χ0) is 21.9. The molecule has 1 amide bonds. The van der Waals surface area contributed by atoms with Crippen molar-refractivity contribution in [2.45, 2.75) is 20.5 Å². The highest BCUT2D eigenvalue weighted by molar-refractivity contribution is 5.94. The number of anilines is 1. The van der Waals surface area contributed by atoms with E-state index in [9.17, 15) is 4.79 Å². The molecule has 0 unspecified atom stereocenters. The van der Waals surface area contributed by atoms with E-state index in [1.54, 1.807) is 12.3 Å². The number of nitrogens with zero attached hydrogens (tertiary/aromatic N) is 1. The third kappa shape index (κ3) is 6.15. The molecule has 7 nitrogen and oxygen atoms in total. The van der Waals surface area contributed by atoms with Gasteiger partial charge in [0.2, 0.25) is 12.3 Å². The minimum Gasteiger partial charge on any atom is -0.473 e. The molecular weight excluding hydrogens is 380 g/mol. The van der Waals surface area contributed by atoms with Crippen LogP contribution in [0.25, 0.3) is 11.3 Å². The summed E-state index contributed by atoms with van der Waals surface area (Å²) in [6.07, 6.45) is 0.403. The van der Waals surface area contributed by atoms with Crippen LogP contribution in [0, 0.1) is 6.92 Å². The molecule has 4 N–H and O–H groups in total. The van der Waals surface area contributed by atoms with E-state index in [1.807, 2.05) is 61.6 Å². The lowest BCUT2D eigenvalue weighted by Gasteiger charge is -2.13. The van der Waals surface area contributed by atoms with Crippen molar-refractivity contribution < 1.29 is 14.3 Å². The van der Waals surface area contributed by atoms with Crippen LogP contribution in [0.4, 0.5) is 5.69 Å². The van der Waals surface area contributed by atoms with Crippen LogP contribution in [0.3, 0.4) is 0 Å². The van der Waals surface area contributed by atoms with E-state index < -0.39 is 0 Å². The van der Waals surface area contributed by atoms with E-state index in [0.29, 0.717) is 24.5 Å². The third-order valence-corrected chi connectivity index (χ3v) is 4.42. The van der Waals surface area contributed by atoms with Gasteiger partial charge in [-0.2, -0.15) is 0 Å². The molecule has 1 aromatic heterocycles. The summed E-state index contributed by atoms with van der Waals surface area (Å²) in [5, 5.41) is 3.20. The van der Waals surface area contributed by atoms with Crippen LogP contribution in [0.5, 0.6) is 5.88 Å². The van der Waals surface area contributed by atoms with E-state index in [2.05, 4.69) is 29.1 Å². The van der Waals surface area contributed by atoms with Crippen LogP contribution in [0.15, 0.2) is 60.7 Å². The molecule has 0 aliphatic heterocycles. The van der Waals surface area contributed by atoms with Gasteiger partial charge in [0.05, 0.1) is 5.69 Å². The van der Waals surface area contributed by atoms with Crippen molar-refractivity contribution in [2.24, 2.45) is 5.84 Å². The molecule has 0 aliphatic carbocycles. The number of hydrazine groups is 1. The first-order chi connectivity index (χ1) is 14.5. The zero-order valence-corrected chi connectivity index (χ0v) is 17.3. The van der Waals surface area contributed by atoms with Gasteiger partial charge in [0, 0.05) is 35.5 Å². The van der Waals surface area contributed by atoms with Crippen molar-refractivity contribution in [3.05, 3.63) is 77.4 Å². The van der Waals surface area contributed by atoms with Gasteiger partial charge in [-0.1, -0.05) is 42.5 Å². The second kappa shape index (κ2) is 11.3. The highest BCUT2D eigenvalue weighted by atomic mass is 16.5. The molecule has 0 atom stereocenters. The SMILES string of the molecule is CNc1cccc(C)c1COc1cccc(-c2ccc(C(C)=O)cc2)n1.NNC=O. The Bertz CT molecular complexity index is 988. The molecule has 0 saturated heterocycles. The van der Waals surface area contributed by atoms with Gasteiger partial charge in [0.25, 0.3) is 0 Å². The topological polar surface area (TPSA) is 106 Å². The summed E-state index contributed by atoms with van der Waals surface area (Å²) in [7, 11) is 1.90. The Kier molecular flexibility index (Phi) is 8.53. The fourth-order valence-corrected chi connectivity index (χ4v) is 2.81. The molecule has 0 saturated carbocycles. The lowest BCUT2D eigenvalue weighted by molar-refractivity contribution is -0.109. The van der Waals surface area contributed by atoms with Crippen LogP contribution >= 0.6 is 0 Å². The fraction of sp³-hybridized carbons (Fsp3) is 0.174. The Morgan fingerprint density at radius 1 is 1.10 bits per heavy atom. The number of carbonyl (C=O) groups excluding carboxylic acids is 2. The molecule has 0 fully saturated rings. The molecule has 0 spiro atoms. The number of hydrogen-bond donors (Lipinski definition) is 3. The summed E-state index contributed by atoms with van der Waals surface area (Å²) in [5.74, 6) is 5.04. The van der Waals surface area contributed by atoms with Gasteiger partial charge in [0.15, 0.2) is 5.78 Å². The Hall–Kier alpha value is -3.71. The summed E-state index contributed by atoms with van der Waals surface area (Å²) in [4.78, 5) is 24.9. The number of amides is 1. The molecule has 30 heavy (non-hydrogen) atoms. The highest BCUT2D eigenvalue weighted by Gasteiger charge is 2.08. The quantitative estimate of drug-likeness (QED) is 0.182. The molecule has 0 aliphatic rings. The van der Waals surface area contributed by atoms with Gasteiger partial charge in [-0.3, -0.25) is 15.0 Å². The first-order valence-corrected chi connectivity index (χ1v) is 9.37. The molecule has 7 heteroatoms. The lowest BCUT2D eigenvalue weighted by Crippen LogP contribution is -2.18. The first kappa shape index (κ1) is 22.6. The molecule has 3 rings (SSSR count). The number of Topliss-reactive ketones (excluding diaryl/α,β-unsaturated/α-hetero) is 1. The maximum Gasteiger partial charge on any atom is 0.221 e. The number of aromatic nitrogens is 1. The average Bonchev–Trinajstić information content (AvgIpc) is 2.78. The van der Waals surface area contributed by atoms with Crippen molar-refractivity contribution in [3.8, 4) is 17.1 Å². The van der Waals surface area contributed by atoms with E-state index in [4.69, 9.17) is 9.53 Å². The summed E-state index contributed by atoms with van der Waals surface area (Å²) in [6, 6.07) is 19.3. The largest absolute Gasteiger partial charge is 0.473 e. The number of rotatable bonds is 7. The normalized spacial score (nSPS) is 9.73. The number of pyridine rings is 1. The van der Waals surface area contributed by atoms with Gasteiger partial charge < -0.3 is 10.1 Å². The summed E-state index contributed by atoms with van der Waals surface area (Å²) in [5.41, 5.74) is 7.56. The van der Waals surface area contributed by atoms with Gasteiger partial charge in [0.1, 0.15) is 6.61 Å². The Morgan fingerprint density at radius 2 is 1.77 bits per heavy atom. The van der Waals surface area contributed by atoms with Crippen LogP contribution in [-0.2, 0) is 11.4 Å². The van der Waals surface area contributed by atoms with Crippen molar-refractivity contribution in [2.75, 3.05) is 12.4 Å². The second-order valence-corrected chi connectivity index (χ2v) is 6.42. The van der Waals surface area contributed by atoms with Gasteiger partial charge in [-0.25, -0.2) is 10.8 Å².